The average Bonchev–Trinajstić information content (AvgIpc) is 2.86. The maximum absolute atomic E-state index is 12.0. The summed E-state index contributed by atoms with van der Waals surface area (Å²) >= 11 is 0. The van der Waals surface area contributed by atoms with Crippen molar-refractivity contribution in [3.8, 4) is 0 Å². The summed E-state index contributed by atoms with van der Waals surface area (Å²) in [4.78, 5) is 12.0. The minimum absolute atomic E-state index is 0.0436. The SMILES string of the molecule is O=C(Nc1ccnn1C1CNC1)[C@@H]1CCCN1. The fraction of sp³-hybridized carbons (Fsp3) is 0.636. The van der Waals surface area contributed by atoms with Crippen LogP contribution in [0.25, 0.3) is 0 Å². The van der Waals surface area contributed by atoms with Crippen molar-refractivity contribution in [1.29, 1.82) is 0 Å². The monoisotopic (exact) mass is 235 g/mol. The second kappa shape index (κ2) is 4.46. The lowest BCUT2D eigenvalue weighted by atomic mass is 10.2. The Morgan fingerprint density at radius 2 is 2.41 bits per heavy atom. The number of hydrogen-bond acceptors (Lipinski definition) is 4. The van der Waals surface area contributed by atoms with E-state index in [9.17, 15) is 4.79 Å². The fourth-order valence-corrected chi connectivity index (χ4v) is 2.27. The number of amides is 1. The van der Waals surface area contributed by atoms with Crippen LogP contribution in [0.4, 0.5) is 5.82 Å². The molecule has 6 heteroatoms. The molecule has 17 heavy (non-hydrogen) atoms. The molecule has 1 amide bonds. The quantitative estimate of drug-likeness (QED) is 0.674. The molecule has 2 aliphatic heterocycles. The molecular formula is C11H17N5O. The van der Waals surface area contributed by atoms with Crippen molar-refractivity contribution in [1.82, 2.24) is 20.4 Å². The molecule has 0 saturated carbocycles. The molecule has 0 unspecified atom stereocenters. The third-order valence-corrected chi connectivity index (χ3v) is 3.40. The number of aromatic nitrogens is 2. The first-order valence-electron chi connectivity index (χ1n) is 6.13. The summed E-state index contributed by atoms with van der Waals surface area (Å²) in [7, 11) is 0. The van der Waals surface area contributed by atoms with Gasteiger partial charge in [-0.3, -0.25) is 4.79 Å². The minimum Gasteiger partial charge on any atom is -0.312 e. The number of nitrogens with zero attached hydrogens (tertiary/aromatic N) is 2. The van der Waals surface area contributed by atoms with Crippen molar-refractivity contribution in [2.75, 3.05) is 25.0 Å². The van der Waals surface area contributed by atoms with Crippen LogP contribution < -0.4 is 16.0 Å². The molecule has 6 nitrogen and oxygen atoms in total. The Morgan fingerprint density at radius 3 is 3.06 bits per heavy atom. The van der Waals surface area contributed by atoms with E-state index in [-0.39, 0.29) is 11.9 Å². The molecule has 3 rings (SSSR count). The van der Waals surface area contributed by atoms with Gasteiger partial charge in [0.05, 0.1) is 18.3 Å². The molecule has 92 valence electrons. The van der Waals surface area contributed by atoms with Crippen molar-refractivity contribution in [3.05, 3.63) is 12.3 Å². The van der Waals surface area contributed by atoms with Crippen molar-refractivity contribution in [3.63, 3.8) is 0 Å². The van der Waals surface area contributed by atoms with Crippen LogP contribution in [0, 0.1) is 0 Å². The Hall–Kier alpha value is -1.40. The molecule has 2 fully saturated rings. The number of carbonyl (C=O) groups is 1. The van der Waals surface area contributed by atoms with Crippen LogP contribution in [0.15, 0.2) is 12.3 Å². The molecule has 2 aliphatic rings. The van der Waals surface area contributed by atoms with Gasteiger partial charge in [-0.15, -0.1) is 0 Å². The first-order chi connectivity index (χ1) is 8.34. The summed E-state index contributed by atoms with van der Waals surface area (Å²) in [6.45, 7) is 2.78. The Bertz CT molecular complexity index is 406. The Kier molecular flexibility index (Phi) is 2.82. The Balaban J connectivity index is 1.67. The van der Waals surface area contributed by atoms with Gasteiger partial charge in [0.15, 0.2) is 0 Å². The molecule has 0 bridgehead atoms. The van der Waals surface area contributed by atoms with Gasteiger partial charge in [0.1, 0.15) is 5.82 Å². The lowest BCUT2D eigenvalue weighted by molar-refractivity contribution is -0.117. The highest BCUT2D eigenvalue weighted by atomic mass is 16.2. The smallest absolute Gasteiger partial charge is 0.242 e. The summed E-state index contributed by atoms with van der Waals surface area (Å²) in [5.74, 6) is 0.853. The van der Waals surface area contributed by atoms with Crippen molar-refractivity contribution >= 4 is 11.7 Å². The normalized spacial score (nSPS) is 24.6. The van der Waals surface area contributed by atoms with Crippen molar-refractivity contribution in [2.24, 2.45) is 0 Å². The second-order valence-electron chi connectivity index (χ2n) is 4.61. The molecule has 0 aromatic carbocycles. The summed E-state index contributed by atoms with van der Waals surface area (Å²) in [6, 6.07) is 2.18. The second-order valence-corrected chi connectivity index (χ2v) is 4.61. The zero-order chi connectivity index (χ0) is 11.7. The van der Waals surface area contributed by atoms with Gasteiger partial charge < -0.3 is 16.0 Å². The lowest BCUT2D eigenvalue weighted by Gasteiger charge is -2.28. The molecule has 1 aromatic rings. The number of carbonyl (C=O) groups excluding carboxylic acids is 1. The molecule has 1 aromatic heterocycles. The fourth-order valence-electron chi connectivity index (χ4n) is 2.27. The first kappa shape index (κ1) is 10.7. The summed E-state index contributed by atoms with van der Waals surface area (Å²) in [5.41, 5.74) is 0. The maximum Gasteiger partial charge on any atom is 0.242 e. The van der Waals surface area contributed by atoms with Crippen LogP contribution in [0.2, 0.25) is 0 Å². The third kappa shape index (κ3) is 2.05. The Morgan fingerprint density at radius 1 is 1.53 bits per heavy atom. The third-order valence-electron chi connectivity index (χ3n) is 3.40. The topological polar surface area (TPSA) is 71.0 Å². The minimum atomic E-state index is -0.0436. The van der Waals surface area contributed by atoms with E-state index in [1.165, 1.54) is 0 Å². The number of hydrogen-bond donors (Lipinski definition) is 3. The highest BCUT2D eigenvalue weighted by Gasteiger charge is 2.25. The van der Waals surface area contributed by atoms with E-state index in [2.05, 4.69) is 21.0 Å². The molecule has 1 atom stereocenters. The van der Waals surface area contributed by atoms with Gasteiger partial charge in [-0.25, -0.2) is 4.68 Å². The standard InChI is InChI=1S/C11H17N5O/c17-11(9-2-1-4-13-9)15-10-3-5-14-16(10)8-6-12-7-8/h3,5,8-9,12-13H,1-2,4,6-7H2,(H,15,17)/t9-/m0/s1. The van der Waals surface area contributed by atoms with Gasteiger partial charge in [-0.05, 0) is 19.4 Å². The zero-order valence-corrected chi connectivity index (χ0v) is 9.65. The predicted molar refractivity (Wildman–Crippen MR) is 63.8 cm³/mol. The van der Waals surface area contributed by atoms with Gasteiger partial charge in [-0.2, -0.15) is 5.10 Å². The van der Waals surface area contributed by atoms with E-state index >= 15 is 0 Å². The largest absolute Gasteiger partial charge is 0.312 e. The molecule has 3 heterocycles. The summed E-state index contributed by atoms with van der Waals surface area (Å²) < 4.78 is 1.89. The zero-order valence-electron chi connectivity index (χ0n) is 9.65. The molecular weight excluding hydrogens is 218 g/mol. The molecule has 0 aliphatic carbocycles. The van der Waals surface area contributed by atoms with E-state index in [1.807, 2.05) is 10.7 Å². The van der Waals surface area contributed by atoms with E-state index in [0.717, 1.165) is 38.3 Å². The van der Waals surface area contributed by atoms with Crippen molar-refractivity contribution in [2.45, 2.75) is 24.9 Å². The van der Waals surface area contributed by atoms with Crippen molar-refractivity contribution < 1.29 is 4.79 Å². The molecule has 0 radical (unpaired) electrons. The number of rotatable bonds is 3. The van der Waals surface area contributed by atoms with E-state index in [4.69, 9.17) is 0 Å². The van der Waals surface area contributed by atoms with Crippen LogP contribution in [0.1, 0.15) is 18.9 Å². The molecule has 0 spiro atoms. The van der Waals surface area contributed by atoms with E-state index in [1.54, 1.807) is 6.20 Å². The number of anilines is 1. The van der Waals surface area contributed by atoms with E-state index in [0.29, 0.717) is 6.04 Å². The highest BCUT2D eigenvalue weighted by Crippen LogP contribution is 2.18. The molecule has 3 N–H and O–H groups in total. The predicted octanol–water partition coefficient (Wildman–Crippen LogP) is -0.282. The lowest BCUT2D eigenvalue weighted by Crippen LogP contribution is -2.44. The molecule has 2 saturated heterocycles. The van der Waals surface area contributed by atoms with Gasteiger partial charge in [0, 0.05) is 19.2 Å². The summed E-state index contributed by atoms with van der Waals surface area (Å²) in [6.07, 6.45) is 3.73. The highest BCUT2D eigenvalue weighted by molar-refractivity contribution is 5.94. The van der Waals surface area contributed by atoms with Crippen LogP contribution in [0.5, 0.6) is 0 Å². The van der Waals surface area contributed by atoms with Crippen LogP contribution >= 0.6 is 0 Å². The van der Waals surface area contributed by atoms with Gasteiger partial charge in [0.25, 0.3) is 0 Å². The van der Waals surface area contributed by atoms with Gasteiger partial charge in [-0.1, -0.05) is 0 Å². The first-order valence-corrected chi connectivity index (χ1v) is 6.13. The summed E-state index contributed by atoms with van der Waals surface area (Å²) in [5, 5.41) is 13.6. The van der Waals surface area contributed by atoms with Crippen LogP contribution in [-0.4, -0.2) is 41.4 Å². The van der Waals surface area contributed by atoms with Crippen LogP contribution in [-0.2, 0) is 4.79 Å². The average molecular weight is 235 g/mol. The van der Waals surface area contributed by atoms with Crippen LogP contribution in [0.3, 0.4) is 0 Å². The number of nitrogens with one attached hydrogen (secondary N) is 3. The van der Waals surface area contributed by atoms with E-state index < -0.39 is 0 Å². The van der Waals surface area contributed by atoms with Gasteiger partial charge >= 0.3 is 0 Å². The van der Waals surface area contributed by atoms with Gasteiger partial charge in [0.2, 0.25) is 5.91 Å². The maximum atomic E-state index is 12.0. The Labute approximate surface area is 99.8 Å².